The van der Waals surface area contributed by atoms with E-state index in [1.165, 1.54) is 16.8 Å². The van der Waals surface area contributed by atoms with Crippen molar-refractivity contribution in [2.24, 2.45) is 0 Å². The fraction of sp³-hybridized carbons (Fsp3) is 0.179. The van der Waals surface area contributed by atoms with Crippen molar-refractivity contribution in [1.29, 1.82) is 0 Å². The summed E-state index contributed by atoms with van der Waals surface area (Å²) in [6.45, 7) is 13.2. The molecule has 0 spiro atoms. The number of pyridine rings is 1. The van der Waals surface area contributed by atoms with Gasteiger partial charge in [0.05, 0.1) is 0 Å². The first-order valence-electron chi connectivity index (χ1n) is 15.1. The molecule has 45 heavy (non-hydrogen) atoms. The van der Waals surface area contributed by atoms with Crippen LogP contribution < -0.4 is 14.5 Å². The van der Waals surface area contributed by atoms with Gasteiger partial charge in [-0.05, 0) is 64.5 Å². The van der Waals surface area contributed by atoms with Gasteiger partial charge in [-0.25, -0.2) is 4.98 Å². The number of rotatable bonds is 6. The molecule has 0 amide bonds. The maximum absolute atomic E-state index is 6.39. The summed E-state index contributed by atoms with van der Waals surface area (Å²) in [6, 6.07) is 38.2. The van der Waals surface area contributed by atoms with Crippen molar-refractivity contribution in [2.75, 3.05) is 9.80 Å². The topological polar surface area (TPSA) is 33.5 Å². The Bertz CT molecular complexity index is 2020. The monoisotopic (exact) mass is 770 g/mol. The van der Waals surface area contributed by atoms with Crippen LogP contribution in [0.5, 0.6) is 11.5 Å². The molecule has 230 valence electrons. The van der Waals surface area contributed by atoms with Crippen LogP contribution in [0, 0.1) is 18.8 Å². The molecule has 0 unspecified atom stereocenters. The molecule has 0 N–H and O–H groups in total. The summed E-state index contributed by atoms with van der Waals surface area (Å²) in [5.74, 6) is 2.54. The minimum atomic E-state index is 0. The Hall–Kier alpha value is -4.34. The Labute approximate surface area is 280 Å². The predicted octanol–water partition coefficient (Wildman–Crippen LogP) is 9.91. The summed E-state index contributed by atoms with van der Waals surface area (Å²) in [5.41, 5.74) is 6.62. The molecule has 7 rings (SSSR count). The first kappa shape index (κ1) is 30.7. The molecule has 0 radical (unpaired) electrons. The van der Waals surface area contributed by atoms with Crippen LogP contribution in [-0.2, 0) is 26.5 Å². The maximum atomic E-state index is 6.39. The number of para-hydroxylation sites is 2. The van der Waals surface area contributed by atoms with Crippen molar-refractivity contribution in [3.63, 3.8) is 0 Å². The van der Waals surface area contributed by atoms with E-state index < -0.39 is 0 Å². The first-order chi connectivity index (χ1) is 21.3. The average molecular weight is 771 g/mol. The van der Waals surface area contributed by atoms with Crippen molar-refractivity contribution in [1.82, 2.24) is 9.55 Å². The SMILES string of the molecule is CC(C)c1ccccc1N1C=CN(c2[c-]c(Oc3[c-]c4c(cc3)c3ccccc3n4-c3cc(C(C)(C)C)ccn3)ccc2)[CH-]1.[Pt]. The third kappa shape index (κ3) is 5.90. The average Bonchev–Trinajstić information content (AvgIpc) is 3.64. The van der Waals surface area contributed by atoms with Crippen LogP contribution >= 0.6 is 0 Å². The molecule has 0 saturated heterocycles. The molecule has 1 aliphatic heterocycles. The van der Waals surface area contributed by atoms with E-state index in [9.17, 15) is 0 Å². The first-order valence-corrected chi connectivity index (χ1v) is 15.1. The van der Waals surface area contributed by atoms with E-state index in [4.69, 9.17) is 9.72 Å². The molecule has 6 heteroatoms. The van der Waals surface area contributed by atoms with Crippen molar-refractivity contribution >= 4 is 33.2 Å². The minimum Gasteiger partial charge on any atom is -0.509 e. The molecule has 3 heterocycles. The molecule has 4 aromatic carbocycles. The summed E-state index contributed by atoms with van der Waals surface area (Å²) in [5, 5.41) is 2.26. The Kier molecular flexibility index (Phi) is 8.33. The van der Waals surface area contributed by atoms with Crippen LogP contribution in [0.1, 0.15) is 51.7 Å². The largest absolute Gasteiger partial charge is 0.509 e. The molecule has 0 atom stereocenters. The van der Waals surface area contributed by atoms with Crippen LogP contribution in [0.15, 0.2) is 110 Å². The van der Waals surface area contributed by atoms with Gasteiger partial charge in [-0.15, -0.1) is 48.1 Å². The summed E-state index contributed by atoms with van der Waals surface area (Å²) < 4.78 is 8.57. The van der Waals surface area contributed by atoms with Crippen LogP contribution in [-0.4, -0.2) is 9.55 Å². The fourth-order valence-electron chi connectivity index (χ4n) is 5.79. The van der Waals surface area contributed by atoms with Crippen LogP contribution in [0.2, 0.25) is 0 Å². The quantitative estimate of drug-likeness (QED) is 0.158. The minimum absolute atomic E-state index is 0. The van der Waals surface area contributed by atoms with Crippen molar-refractivity contribution in [3.8, 4) is 17.3 Å². The van der Waals surface area contributed by atoms with E-state index in [0.29, 0.717) is 17.4 Å². The molecule has 0 saturated carbocycles. The van der Waals surface area contributed by atoms with Gasteiger partial charge >= 0.3 is 0 Å². The number of fused-ring (bicyclic) bond motifs is 3. The second-order valence-electron chi connectivity index (χ2n) is 12.5. The van der Waals surface area contributed by atoms with E-state index in [2.05, 4.69) is 141 Å². The maximum Gasteiger partial charge on any atom is 0.135 e. The van der Waals surface area contributed by atoms with Crippen molar-refractivity contribution < 1.29 is 25.8 Å². The van der Waals surface area contributed by atoms with Gasteiger partial charge < -0.3 is 19.1 Å². The van der Waals surface area contributed by atoms with Gasteiger partial charge in [0.15, 0.2) is 0 Å². The van der Waals surface area contributed by atoms with Gasteiger partial charge in [-0.1, -0.05) is 76.5 Å². The van der Waals surface area contributed by atoms with Crippen molar-refractivity contribution in [3.05, 3.63) is 140 Å². The number of nitrogens with zero attached hydrogens (tertiary/aromatic N) is 4. The Balaban J connectivity index is 0.00000357. The van der Waals surface area contributed by atoms with Crippen LogP contribution in [0.4, 0.5) is 11.4 Å². The van der Waals surface area contributed by atoms with E-state index >= 15 is 0 Å². The molecule has 2 aromatic heterocycles. The van der Waals surface area contributed by atoms with Gasteiger partial charge in [0.1, 0.15) is 5.82 Å². The normalized spacial score (nSPS) is 13.2. The second kappa shape index (κ2) is 12.2. The zero-order chi connectivity index (χ0) is 30.4. The molecular formula is C39H35N4OPt-3. The third-order valence-corrected chi connectivity index (χ3v) is 8.12. The smallest absolute Gasteiger partial charge is 0.135 e. The van der Waals surface area contributed by atoms with Crippen LogP contribution in [0.3, 0.4) is 0 Å². The summed E-state index contributed by atoms with van der Waals surface area (Å²) >= 11 is 0. The fourth-order valence-corrected chi connectivity index (χ4v) is 5.79. The van der Waals surface area contributed by atoms with E-state index in [-0.39, 0.29) is 26.5 Å². The van der Waals surface area contributed by atoms with Gasteiger partial charge in [-0.3, -0.25) is 0 Å². The molecule has 0 fully saturated rings. The number of anilines is 2. The molecule has 6 aromatic rings. The molecule has 5 nitrogen and oxygen atoms in total. The zero-order valence-electron chi connectivity index (χ0n) is 26.1. The van der Waals surface area contributed by atoms with Gasteiger partial charge in [-0.2, -0.15) is 12.1 Å². The number of hydrogen-bond acceptors (Lipinski definition) is 4. The van der Waals surface area contributed by atoms with E-state index in [1.54, 1.807) is 0 Å². The summed E-state index contributed by atoms with van der Waals surface area (Å²) in [4.78, 5) is 9.00. The number of ether oxygens (including phenoxy) is 1. The standard InChI is InChI=1S/C39H35N4O.Pt/c1-27(2)32-13-6-8-15-35(32)42-22-21-41(26-42)29-11-10-12-30(24-29)44-31-17-18-34-33-14-7-9-16-36(33)43(37(34)25-31)38-23-28(19-20-40-38)39(3,4)5;/h6-23,26-27H,1-5H3;/q-3;. The number of benzene rings is 4. The molecule has 1 aliphatic rings. The van der Waals surface area contributed by atoms with E-state index in [1.807, 2.05) is 36.7 Å². The van der Waals surface area contributed by atoms with Gasteiger partial charge in [0.2, 0.25) is 0 Å². The van der Waals surface area contributed by atoms with Gasteiger partial charge in [0.25, 0.3) is 0 Å². The predicted molar refractivity (Wildman–Crippen MR) is 180 cm³/mol. The zero-order valence-corrected chi connectivity index (χ0v) is 28.3. The Morgan fingerprint density at radius 2 is 1.53 bits per heavy atom. The van der Waals surface area contributed by atoms with Gasteiger partial charge in [0, 0.05) is 50.0 Å². The summed E-state index contributed by atoms with van der Waals surface area (Å²) in [6.07, 6.45) is 6.01. The van der Waals surface area contributed by atoms with Crippen molar-refractivity contribution in [2.45, 2.75) is 46.0 Å². The second-order valence-corrected chi connectivity index (χ2v) is 12.5. The third-order valence-electron chi connectivity index (χ3n) is 8.12. The Morgan fingerprint density at radius 1 is 0.778 bits per heavy atom. The Morgan fingerprint density at radius 3 is 2.36 bits per heavy atom. The van der Waals surface area contributed by atoms with E-state index in [0.717, 1.165) is 33.3 Å². The summed E-state index contributed by atoms with van der Waals surface area (Å²) in [7, 11) is 0. The number of hydrogen-bond donors (Lipinski definition) is 0. The molecular weight excluding hydrogens is 736 g/mol. The number of aromatic nitrogens is 2. The van der Waals surface area contributed by atoms with Crippen LogP contribution in [0.25, 0.3) is 27.6 Å². The molecule has 0 bridgehead atoms. The molecule has 0 aliphatic carbocycles.